The molecule has 2 amide bonds. The fourth-order valence-corrected chi connectivity index (χ4v) is 2.93. The summed E-state index contributed by atoms with van der Waals surface area (Å²) in [7, 11) is 1.59. The molecular weight excluding hydrogens is 274 g/mol. The van der Waals surface area contributed by atoms with Crippen molar-refractivity contribution in [3.05, 3.63) is 28.7 Å². The van der Waals surface area contributed by atoms with Crippen molar-refractivity contribution in [1.82, 2.24) is 15.2 Å². The van der Waals surface area contributed by atoms with Gasteiger partial charge in [-0.1, -0.05) is 6.58 Å². The average molecular weight is 293 g/mol. The number of thiazole rings is 1. The Balaban J connectivity index is 1.97. The van der Waals surface area contributed by atoms with E-state index in [1.165, 1.54) is 11.0 Å². The van der Waals surface area contributed by atoms with Crippen LogP contribution in [0, 0.1) is 12.8 Å². The number of hydrogen-bond donors (Lipinski definition) is 1. The van der Waals surface area contributed by atoms with Crippen molar-refractivity contribution in [2.75, 3.05) is 13.6 Å². The van der Waals surface area contributed by atoms with Crippen molar-refractivity contribution in [3.63, 3.8) is 0 Å². The van der Waals surface area contributed by atoms with E-state index >= 15 is 0 Å². The van der Waals surface area contributed by atoms with Gasteiger partial charge >= 0.3 is 0 Å². The molecule has 1 aromatic heterocycles. The number of nitrogens with one attached hydrogen (secondary N) is 1. The van der Waals surface area contributed by atoms with E-state index in [-0.39, 0.29) is 24.4 Å². The van der Waals surface area contributed by atoms with Crippen LogP contribution in [0.1, 0.15) is 29.6 Å². The Hall–Kier alpha value is -1.69. The molecule has 0 saturated heterocycles. The van der Waals surface area contributed by atoms with Gasteiger partial charge in [-0.3, -0.25) is 9.59 Å². The molecule has 1 heterocycles. The Morgan fingerprint density at radius 1 is 1.65 bits per heavy atom. The van der Waals surface area contributed by atoms with Crippen LogP contribution in [0.3, 0.4) is 0 Å². The van der Waals surface area contributed by atoms with Gasteiger partial charge in [0.2, 0.25) is 11.8 Å². The summed E-state index contributed by atoms with van der Waals surface area (Å²) in [4.78, 5) is 29.2. The Bertz CT molecular complexity index is 522. The van der Waals surface area contributed by atoms with Gasteiger partial charge in [-0.25, -0.2) is 4.98 Å². The molecule has 0 radical (unpaired) electrons. The highest BCUT2D eigenvalue weighted by Crippen LogP contribution is 2.41. The quantitative estimate of drug-likeness (QED) is 0.811. The van der Waals surface area contributed by atoms with Gasteiger partial charge in [-0.15, -0.1) is 11.3 Å². The van der Waals surface area contributed by atoms with Gasteiger partial charge in [0.05, 0.1) is 12.6 Å². The van der Waals surface area contributed by atoms with Gasteiger partial charge in [-0.05, 0) is 31.8 Å². The second-order valence-corrected chi connectivity index (χ2v) is 6.00. The third-order valence-electron chi connectivity index (χ3n) is 3.24. The molecule has 1 aliphatic rings. The summed E-state index contributed by atoms with van der Waals surface area (Å²) in [5.74, 6) is 0.0607. The Labute approximate surface area is 122 Å². The zero-order valence-electron chi connectivity index (χ0n) is 11.8. The van der Waals surface area contributed by atoms with Crippen molar-refractivity contribution < 1.29 is 9.59 Å². The number of amides is 2. The monoisotopic (exact) mass is 293 g/mol. The molecule has 0 bridgehead atoms. The number of aryl methyl sites for hydroxylation is 1. The van der Waals surface area contributed by atoms with E-state index in [1.54, 1.807) is 18.4 Å². The fraction of sp³-hybridized carbons (Fsp3) is 0.500. The van der Waals surface area contributed by atoms with Crippen LogP contribution < -0.4 is 5.32 Å². The van der Waals surface area contributed by atoms with E-state index < -0.39 is 0 Å². The van der Waals surface area contributed by atoms with E-state index in [4.69, 9.17) is 0 Å². The molecule has 2 rings (SSSR count). The highest BCUT2D eigenvalue weighted by Gasteiger charge is 2.35. The number of carbonyl (C=O) groups excluding carboxylic acids is 2. The Morgan fingerprint density at radius 3 is 2.85 bits per heavy atom. The van der Waals surface area contributed by atoms with Crippen LogP contribution >= 0.6 is 11.3 Å². The number of likely N-dealkylation sites (N-methyl/N-ethyl adjacent to an activating group) is 1. The molecule has 5 nitrogen and oxygen atoms in total. The molecule has 1 fully saturated rings. The van der Waals surface area contributed by atoms with Crippen LogP contribution in [0.4, 0.5) is 0 Å². The SMILES string of the molecule is C=CC(=O)N(C)CC(=O)NC(c1nc(C)cs1)C1CC1. The van der Waals surface area contributed by atoms with Gasteiger partial charge in [-0.2, -0.15) is 0 Å². The Morgan fingerprint density at radius 2 is 2.35 bits per heavy atom. The third kappa shape index (κ3) is 3.66. The molecule has 0 aromatic carbocycles. The predicted octanol–water partition coefficient (Wildman–Crippen LogP) is 1.66. The smallest absolute Gasteiger partial charge is 0.246 e. The molecule has 1 unspecified atom stereocenters. The predicted molar refractivity (Wildman–Crippen MR) is 78.3 cm³/mol. The number of carbonyl (C=O) groups is 2. The average Bonchev–Trinajstić information content (AvgIpc) is 3.17. The van der Waals surface area contributed by atoms with E-state index in [9.17, 15) is 9.59 Å². The van der Waals surface area contributed by atoms with Crippen LogP contribution in [-0.4, -0.2) is 35.3 Å². The lowest BCUT2D eigenvalue weighted by Crippen LogP contribution is -2.39. The van der Waals surface area contributed by atoms with Crippen LogP contribution in [0.15, 0.2) is 18.0 Å². The maximum absolute atomic E-state index is 12.0. The molecule has 1 N–H and O–H groups in total. The minimum atomic E-state index is -0.256. The van der Waals surface area contributed by atoms with Crippen molar-refractivity contribution in [2.45, 2.75) is 25.8 Å². The van der Waals surface area contributed by atoms with Crippen molar-refractivity contribution in [2.24, 2.45) is 5.92 Å². The number of nitrogens with zero attached hydrogens (tertiary/aromatic N) is 2. The number of aromatic nitrogens is 1. The van der Waals surface area contributed by atoms with E-state index in [1.807, 2.05) is 12.3 Å². The minimum absolute atomic E-state index is 0.0200. The molecule has 108 valence electrons. The first-order valence-corrected chi connectivity index (χ1v) is 7.48. The fourth-order valence-electron chi connectivity index (χ4n) is 1.99. The summed E-state index contributed by atoms with van der Waals surface area (Å²) < 4.78 is 0. The normalized spacial score (nSPS) is 15.5. The first-order chi connectivity index (χ1) is 9.51. The summed E-state index contributed by atoms with van der Waals surface area (Å²) in [5.41, 5.74) is 0.976. The molecule has 20 heavy (non-hydrogen) atoms. The summed E-state index contributed by atoms with van der Waals surface area (Å²) in [6.45, 7) is 5.39. The lowest BCUT2D eigenvalue weighted by Gasteiger charge is -2.19. The first-order valence-electron chi connectivity index (χ1n) is 6.60. The molecule has 1 saturated carbocycles. The van der Waals surface area contributed by atoms with Gasteiger partial charge in [0.1, 0.15) is 5.01 Å². The minimum Gasteiger partial charge on any atom is -0.345 e. The van der Waals surface area contributed by atoms with Crippen molar-refractivity contribution >= 4 is 23.2 Å². The molecule has 0 spiro atoms. The maximum atomic E-state index is 12.0. The second kappa shape index (κ2) is 6.17. The van der Waals surface area contributed by atoms with Crippen LogP contribution in [-0.2, 0) is 9.59 Å². The summed E-state index contributed by atoms with van der Waals surface area (Å²) >= 11 is 1.58. The highest BCUT2D eigenvalue weighted by atomic mass is 32.1. The zero-order valence-corrected chi connectivity index (χ0v) is 12.6. The van der Waals surface area contributed by atoms with Crippen LogP contribution in [0.2, 0.25) is 0 Å². The zero-order chi connectivity index (χ0) is 14.7. The summed E-state index contributed by atoms with van der Waals surface area (Å²) in [6.07, 6.45) is 3.44. The van der Waals surface area contributed by atoms with E-state index in [0.717, 1.165) is 23.5 Å². The third-order valence-corrected chi connectivity index (χ3v) is 4.29. The Kier molecular flexibility index (Phi) is 4.54. The summed E-state index contributed by atoms with van der Waals surface area (Å²) in [6, 6.07) is -0.0200. The summed E-state index contributed by atoms with van der Waals surface area (Å²) in [5, 5.41) is 5.94. The van der Waals surface area contributed by atoms with Gasteiger partial charge in [0.25, 0.3) is 0 Å². The van der Waals surface area contributed by atoms with Crippen LogP contribution in [0.25, 0.3) is 0 Å². The highest BCUT2D eigenvalue weighted by molar-refractivity contribution is 7.09. The van der Waals surface area contributed by atoms with E-state index in [0.29, 0.717) is 5.92 Å². The largest absolute Gasteiger partial charge is 0.345 e. The van der Waals surface area contributed by atoms with Gasteiger partial charge in [0, 0.05) is 18.1 Å². The second-order valence-electron chi connectivity index (χ2n) is 5.11. The van der Waals surface area contributed by atoms with Crippen LogP contribution in [0.5, 0.6) is 0 Å². The maximum Gasteiger partial charge on any atom is 0.246 e. The molecule has 1 aromatic rings. The number of rotatable bonds is 6. The van der Waals surface area contributed by atoms with E-state index in [2.05, 4.69) is 16.9 Å². The number of hydrogen-bond acceptors (Lipinski definition) is 4. The molecule has 6 heteroatoms. The molecular formula is C14H19N3O2S. The molecule has 1 aliphatic carbocycles. The van der Waals surface area contributed by atoms with Gasteiger partial charge < -0.3 is 10.2 Å². The topological polar surface area (TPSA) is 62.3 Å². The lowest BCUT2D eigenvalue weighted by molar-refractivity contribution is -0.131. The van der Waals surface area contributed by atoms with Crippen molar-refractivity contribution in [3.8, 4) is 0 Å². The molecule has 0 aliphatic heterocycles. The molecule has 1 atom stereocenters. The standard InChI is InChI=1S/C14H19N3O2S/c1-4-12(19)17(3)7-11(18)16-13(10-5-6-10)14-15-9(2)8-20-14/h4,8,10,13H,1,5-7H2,2-3H3,(H,16,18). The first kappa shape index (κ1) is 14.7. The lowest BCUT2D eigenvalue weighted by atomic mass is 10.2. The van der Waals surface area contributed by atoms with Gasteiger partial charge in [0.15, 0.2) is 0 Å². The van der Waals surface area contributed by atoms with Crippen molar-refractivity contribution in [1.29, 1.82) is 0 Å².